The lowest BCUT2D eigenvalue weighted by molar-refractivity contribution is -0.121. The van der Waals surface area contributed by atoms with Crippen LogP contribution in [-0.2, 0) is 24.2 Å². The molecule has 2 N–H and O–H groups in total. The minimum atomic E-state index is -0.0542. The maximum atomic E-state index is 12.5. The highest BCUT2D eigenvalue weighted by atomic mass is 35.5. The summed E-state index contributed by atoms with van der Waals surface area (Å²) in [4.78, 5) is 14.3. The van der Waals surface area contributed by atoms with E-state index in [-0.39, 0.29) is 12.5 Å². The first-order valence-electron chi connectivity index (χ1n) is 8.44. The molecule has 2 aliphatic rings. The summed E-state index contributed by atoms with van der Waals surface area (Å²) in [6.45, 7) is 2.13. The molecule has 0 spiro atoms. The Bertz CT molecular complexity index is 824. The minimum absolute atomic E-state index is 0.0542. The summed E-state index contributed by atoms with van der Waals surface area (Å²) >= 11 is 6.28. The molecule has 0 bridgehead atoms. The van der Waals surface area contributed by atoms with Crippen molar-refractivity contribution in [3.05, 3.63) is 58.1 Å². The van der Waals surface area contributed by atoms with Gasteiger partial charge in [0, 0.05) is 18.1 Å². The van der Waals surface area contributed by atoms with Crippen molar-refractivity contribution in [2.75, 3.05) is 24.6 Å². The molecule has 2 aromatic carbocycles. The number of amides is 1. The highest BCUT2D eigenvalue weighted by Gasteiger charge is 2.28. The van der Waals surface area contributed by atoms with E-state index in [2.05, 4.69) is 12.1 Å². The van der Waals surface area contributed by atoms with Crippen LogP contribution < -0.4 is 15.5 Å². The van der Waals surface area contributed by atoms with E-state index in [0.29, 0.717) is 11.6 Å². The number of hydrogen-bond acceptors (Lipinski definition) is 4. The second-order valence-corrected chi connectivity index (χ2v) is 6.89. The second-order valence-electron chi connectivity index (χ2n) is 6.48. The molecule has 0 unspecified atom stereocenters. The molecule has 5 nitrogen and oxygen atoms in total. The zero-order valence-corrected chi connectivity index (χ0v) is 14.6. The van der Waals surface area contributed by atoms with Crippen molar-refractivity contribution in [1.29, 1.82) is 0 Å². The molecule has 4 rings (SSSR count). The largest absolute Gasteiger partial charge is 0.482 e. The highest BCUT2D eigenvalue weighted by molar-refractivity contribution is 6.31. The first-order chi connectivity index (χ1) is 12.1. The number of fused-ring (bicyclic) bond motifs is 2. The number of hydrogen-bond donors (Lipinski definition) is 1. The second kappa shape index (κ2) is 6.67. The van der Waals surface area contributed by atoms with E-state index in [1.807, 2.05) is 29.3 Å². The zero-order valence-electron chi connectivity index (χ0n) is 13.9. The van der Waals surface area contributed by atoms with Gasteiger partial charge in [0.2, 0.25) is 0 Å². The number of benzene rings is 2. The van der Waals surface area contributed by atoms with Gasteiger partial charge in [-0.25, -0.2) is 5.01 Å². The van der Waals surface area contributed by atoms with Crippen LogP contribution in [0.5, 0.6) is 5.75 Å². The number of anilines is 1. The number of halogens is 1. The van der Waals surface area contributed by atoms with E-state index >= 15 is 0 Å². The van der Waals surface area contributed by atoms with Crippen LogP contribution in [0.3, 0.4) is 0 Å². The maximum absolute atomic E-state index is 12.5. The molecule has 0 radical (unpaired) electrons. The Labute approximate surface area is 151 Å². The summed E-state index contributed by atoms with van der Waals surface area (Å²) in [5.41, 5.74) is 4.22. The molecule has 6 heteroatoms. The van der Waals surface area contributed by atoms with Crippen molar-refractivity contribution in [1.82, 2.24) is 5.01 Å². The summed E-state index contributed by atoms with van der Waals surface area (Å²) in [7, 11) is 0. The number of nitrogens with zero attached hydrogens (tertiary/aromatic N) is 2. The van der Waals surface area contributed by atoms with E-state index in [4.69, 9.17) is 22.2 Å². The Morgan fingerprint density at radius 2 is 1.84 bits per heavy atom. The lowest BCUT2D eigenvalue weighted by Gasteiger charge is -2.31. The van der Waals surface area contributed by atoms with E-state index in [0.717, 1.165) is 42.9 Å². The summed E-state index contributed by atoms with van der Waals surface area (Å²) in [5, 5.41) is 2.50. The third-order valence-corrected chi connectivity index (χ3v) is 5.22. The maximum Gasteiger partial charge on any atom is 0.265 e. The average Bonchev–Trinajstić information content (AvgIpc) is 2.79. The van der Waals surface area contributed by atoms with Crippen molar-refractivity contribution < 1.29 is 9.53 Å². The monoisotopic (exact) mass is 357 g/mol. The molecule has 0 fully saturated rings. The molecule has 2 aromatic rings. The van der Waals surface area contributed by atoms with Gasteiger partial charge in [-0.2, -0.15) is 0 Å². The van der Waals surface area contributed by atoms with Gasteiger partial charge in [0.05, 0.1) is 12.2 Å². The molecule has 0 saturated heterocycles. The van der Waals surface area contributed by atoms with Gasteiger partial charge >= 0.3 is 0 Å². The van der Waals surface area contributed by atoms with Crippen LogP contribution in [-0.4, -0.2) is 30.6 Å². The Balaban J connectivity index is 1.71. The molecule has 0 atom stereocenters. The fraction of sp³-hybridized carbons (Fsp3) is 0.316. The van der Waals surface area contributed by atoms with Gasteiger partial charge in [-0.05, 0) is 47.7 Å². The smallest absolute Gasteiger partial charge is 0.265 e. The Kier molecular flexibility index (Phi) is 4.37. The van der Waals surface area contributed by atoms with Gasteiger partial charge in [-0.15, -0.1) is 0 Å². The van der Waals surface area contributed by atoms with Gasteiger partial charge in [-0.1, -0.05) is 29.8 Å². The van der Waals surface area contributed by atoms with Gasteiger partial charge in [0.15, 0.2) is 6.61 Å². The van der Waals surface area contributed by atoms with E-state index in [9.17, 15) is 4.79 Å². The van der Waals surface area contributed by atoms with E-state index in [1.54, 1.807) is 4.90 Å². The van der Waals surface area contributed by atoms with Gasteiger partial charge in [-0.3, -0.25) is 10.6 Å². The number of nitrogens with two attached hydrogens (primary N) is 1. The quantitative estimate of drug-likeness (QED) is 0.839. The standard InChI is InChI=1S/C19H20ClN3O2/c20-16-4-2-1-3-15(16)11-23-17-9-13-5-7-22(21)8-6-14(13)10-18(17)25-12-19(23)24/h1-4,9-10H,5-8,11-12,21H2. The normalized spacial score (nSPS) is 17.5. The third kappa shape index (κ3) is 3.23. The molecule has 1 amide bonds. The number of hydrazine groups is 1. The summed E-state index contributed by atoms with van der Waals surface area (Å²) in [5.74, 6) is 6.66. The molecular weight excluding hydrogens is 338 g/mol. The lowest BCUT2D eigenvalue weighted by Crippen LogP contribution is -2.38. The van der Waals surface area contributed by atoms with Crippen LogP contribution in [0.25, 0.3) is 0 Å². The van der Waals surface area contributed by atoms with Crippen molar-refractivity contribution in [2.24, 2.45) is 5.84 Å². The topological polar surface area (TPSA) is 58.8 Å². The SMILES string of the molecule is NN1CCc2cc3c(cc2CC1)N(Cc1ccccc1Cl)C(=O)CO3. The minimum Gasteiger partial charge on any atom is -0.482 e. The molecule has 25 heavy (non-hydrogen) atoms. The molecular formula is C19H20ClN3O2. The predicted octanol–water partition coefficient (Wildman–Crippen LogP) is 2.54. The van der Waals surface area contributed by atoms with Crippen LogP contribution >= 0.6 is 11.6 Å². The number of rotatable bonds is 2. The molecule has 0 aliphatic carbocycles. The van der Waals surface area contributed by atoms with E-state index < -0.39 is 0 Å². The average molecular weight is 358 g/mol. The van der Waals surface area contributed by atoms with Crippen molar-refractivity contribution in [2.45, 2.75) is 19.4 Å². The summed E-state index contributed by atoms with van der Waals surface area (Å²) < 4.78 is 5.70. The number of carbonyl (C=O) groups is 1. The molecule has 2 aliphatic heterocycles. The van der Waals surface area contributed by atoms with Crippen LogP contribution in [0.1, 0.15) is 16.7 Å². The van der Waals surface area contributed by atoms with Crippen LogP contribution in [0.2, 0.25) is 5.02 Å². The lowest BCUT2D eigenvalue weighted by atomic mass is 10.00. The van der Waals surface area contributed by atoms with Crippen molar-refractivity contribution in [3.8, 4) is 5.75 Å². The predicted molar refractivity (Wildman–Crippen MR) is 97.7 cm³/mol. The Hall–Kier alpha value is -2.08. The molecule has 0 aromatic heterocycles. The van der Waals surface area contributed by atoms with Crippen molar-refractivity contribution in [3.63, 3.8) is 0 Å². The fourth-order valence-electron chi connectivity index (χ4n) is 3.41. The highest BCUT2D eigenvalue weighted by Crippen LogP contribution is 2.37. The number of carbonyl (C=O) groups excluding carboxylic acids is 1. The Morgan fingerprint density at radius 3 is 2.60 bits per heavy atom. The van der Waals surface area contributed by atoms with E-state index in [1.165, 1.54) is 11.1 Å². The van der Waals surface area contributed by atoms with Gasteiger partial charge in [0.1, 0.15) is 5.75 Å². The third-order valence-electron chi connectivity index (χ3n) is 4.85. The van der Waals surface area contributed by atoms with Gasteiger partial charge < -0.3 is 9.64 Å². The first kappa shape index (κ1) is 16.4. The van der Waals surface area contributed by atoms with Crippen LogP contribution in [0.15, 0.2) is 36.4 Å². The first-order valence-corrected chi connectivity index (χ1v) is 8.81. The van der Waals surface area contributed by atoms with Crippen LogP contribution in [0.4, 0.5) is 5.69 Å². The van der Waals surface area contributed by atoms with Crippen LogP contribution in [0, 0.1) is 0 Å². The number of ether oxygens (including phenoxy) is 1. The molecule has 130 valence electrons. The van der Waals surface area contributed by atoms with Gasteiger partial charge in [0.25, 0.3) is 5.91 Å². The fourth-order valence-corrected chi connectivity index (χ4v) is 3.60. The molecule has 2 heterocycles. The summed E-state index contributed by atoms with van der Waals surface area (Å²) in [6, 6.07) is 11.8. The van der Waals surface area contributed by atoms with Crippen molar-refractivity contribution >= 4 is 23.2 Å². The summed E-state index contributed by atoms with van der Waals surface area (Å²) in [6.07, 6.45) is 1.76. The Morgan fingerprint density at radius 1 is 1.12 bits per heavy atom. The molecule has 0 saturated carbocycles. The zero-order chi connectivity index (χ0) is 17.4.